The van der Waals surface area contributed by atoms with Gasteiger partial charge >= 0.3 is 0 Å². The molecule has 1 aromatic carbocycles. The van der Waals surface area contributed by atoms with Crippen molar-refractivity contribution in [2.45, 2.75) is 32.9 Å². The van der Waals surface area contributed by atoms with Crippen LogP contribution in [-0.4, -0.2) is 37.5 Å². The van der Waals surface area contributed by atoms with Crippen LogP contribution in [0.15, 0.2) is 24.3 Å². The van der Waals surface area contributed by atoms with E-state index in [9.17, 15) is 4.79 Å². The van der Waals surface area contributed by atoms with Crippen LogP contribution in [-0.2, 0) is 11.3 Å². The fourth-order valence-electron chi connectivity index (χ4n) is 1.97. The monoisotopic (exact) mass is 263 g/mol. The summed E-state index contributed by atoms with van der Waals surface area (Å²) in [4.78, 5) is 13.9. The molecule has 0 spiro atoms. The van der Waals surface area contributed by atoms with E-state index in [1.807, 2.05) is 52.2 Å². The molecule has 1 rings (SSSR count). The second kappa shape index (κ2) is 7.92. The Morgan fingerprint density at radius 3 is 2.42 bits per heavy atom. The maximum atomic E-state index is 11.8. The van der Waals surface area contributed by atoms with Crippen LogP contribution in [0, 0.1) is 0 Å². The molecule has 4 heteroatoms. The summed E-state index contributed by atoms with van der Waals surface area (Å²) in [6.07, 6.45) is 0.493. The molecule has 2 N–H and O–H groups in total. The van der Waals surface area contributed by atoms with Gasteiger partial charge in [-0.05, 0) is 45.3 Å². The average Bonchev–Trinajstić information content (AvgIpc) is 2.31. The third kappa shape index (κ3) is 6.36. The van der Waals surface area contributed by atoms with Crippen LogP contribution >= 0.6 is 0 Å². The smallest absolute Gasteiger partial charge is 0.225 e. The van der Waals surface area contributed by atoms with Gasteiger partial charge in [-0.2, -0.15) is 0 Å². The minimum Gasteiger partial charge on any atom is -0.326 e. The number of carbonyl (C=O) groups excluding carboxylic acids is 1. The first-order valence-electron chi connectivity index (χ1n) is 6.78. The van der Waals surface area contributed by atoms with Gasteiger partial charge in [-0.3, -0.25) is 4.79 Å². The molecule has 0 aliphatic carbocycles. The Morgan fingerprint density at radius 1 is 1.26 bits per heavy atom. The second-order valence-electron chi connectivity index (χ2n) is 5.15. The van der Waals surface area contributed by atoms with E-state index in [-0.39, 0.29) is 11.9 Å². The lowest BCUT2D eigenvalue weighted by Gasteiger charge is -2.13. The summed E-state index contributed by atoms with van der Waals surface area (Å²) in [5.41, 5.74) is 2.10. The summed E-state index contributed by atoms with van der Waals surface area (Å²) in [7, 11) is 4.08. The number of carbonyl (C=O) groups is 1. The first-order valence-corrected chi connectivity index (χ1v) is 6.78. The molecule has 0 radical (unpaired) electrons. The highest BCUT2D eigenvalue weighted by atomic mass is 16.1. The van der Waals surface area contributed by atoms with Crippen LogP contribution in [0.25, 0.3) is 0 Å². The first kappa shape index (κ1) is 15.7. The van der Waals surface area contributed by atoms with Gasteiger partial charge in [0, 0.05) is 24.7 Å². The van der Waals surface area contributed by atoms with Crippen molar-refractivity contribution in [3.8, 4) is 0 Å². The van der Waals surface area contributed by atoms with Crippen molar-refractivity contribution in [3.05, 3.63) is 29.8 Å². The minimum atomic E-state index is 0.0498. The van der Waals surface area contributed by atoms with E-state index in [0.717, 1.165) is 18.8 Å². The zero-order chi connectivity index (χ0) is 14.3. The van der Waals surface area contributed by atoms with Crippen molar-refractivity contribution in [2.24, 2.45) is 0 Å². The van der Waals surface area contributed by atoms with E-state index in [0.29, 0.717) is 6.42 Å². The third-order valence-corrected chi connectivity index (χ3v) is 2.78. The van der Waals surface area contributed by atoms with Gasteiger partial charge in [-0.25, -0.2) is 0 Å². The van der Waals surface area contributed by atoms with Gasteiger partial charge in [-0.15, -0.1) is 0 Å². The van der Waals surface area contributed by atoms with E-state index in [2.05, 4.69) is 15.5 Å². The lowest BCUT2D eigenvalue weighted by molar-refractivity contribution is -0.116. The van der Waals surface area contributed by atoms with Gasteiger partial charge in [0.2, 0.25) is 5.91 Å². The SMILES string of the molecule is CCNC(C)CC(=O)Nc1ccc(CN(C)C)cc1. The lowest BCUT2D eigenvalue weighted by Crippen LogP contribution is -2.30. The first-order chi connectivity index (χ1) is 9.01. The highest BCUT2D eigenvalue weighted by Gasteiger charge is 2.08. The predicted molar refractivity (Wildman–Crippen MR) is 80.2 cm³/mol. The van der Waals surface area contributed by atoms with Crippen LogP contribution in [0.3, 0.4) is 0 Å². The maximum Gasteiger partial charge on any atom is 0.225 e. The summed E-state index contributed by atoms with van der Waals surface area (Å²) in [6.45, 7) is 5.85. The van der Waals surface area contributed by atoms with E-state index >= 15 is 0 Å². The van der Waals surface area contributed by atoms with Gasteiger partial charge in [0.15, 0.2) is 0 Å². The fraction of sp³-hybridized carbons (Fsp3) is 0.533. The van der Waals surface area contributed by atoms with E-state index in [1.165, 1.54) is 5.56 Å². The van der Waals surface area contributed by atoms with E-state index in [1.54, 1.807) is 0 Å². The van der Waals surface area contributed by atoms with Gasteiger partial charge < -0.3 is 15.5 Å². The molecule has 19 heavy (non-hydrogen) atoms. The summed E-state index contributed by atoms with van der Waals surface area (Å²) in [5, 5.41) is 6.15. The van der Waals surface area contributed by atoms with Gasteiger partial charge in [0.1, 0.15) is 0 Å². The molecule has 106 valence electrons. The van der Waals surface area contributed by atoms with E-state index in [4.69, 9.17) is 0 Å². The van der Waals surface area contributed by atoms with Crippen LogP contribution in [0.2, 0.25) is 0 Å². The molecule has 1 amide bonds. The Bertz CT molecular complexity index is 387. The molecule has 0 heterocycles. The van der Waals surface area contributed by atoms with Crippen molar-refractivity contribution in [3.63, 3.8) is 0 Å². The highest BCUT2D eigenvalue weighted by molar-refractivity contribution is 5.91. The third-order valence-electron chi connectivity index (χ3n) is 2.78. The van der Waals surface area contributed by atoms with Gasteiger partial charge in [0.05, 0.1) is 0 Å². The predicted octanol–water partition coefficient (Wildman–Crippen LogP) is 2.07. The quantitative estimate of drug-likeness (QED) is 0.791. The Hall–Kier alpha value is -1.39. The largest absolute Gasteiger partial charge is 0.326 e. The average molecular weight is 263 g/mol. The topological polar surface area (TPSA) is 44.4 Å². The van der Waals surface area contributed by atoms with Crippen LogP contribution in [0.1, 0.15) is 25.8 Å². The highest BCUT2D eigenvalue weighted by Crippen LogP contribution is 2.11. The molecule has 0 saturated carbocycles. The summed E-state index contributed by atoms with van der Waals surface area (Å²) in [5.74, 6) is 0.0498. The standard InChI is InChI=1S/C15H25N3O/c1-5-16-12(2)10-15(19)17-14-8-6-13(7-9-14)11-18(3)4/h6-9,12,16H,5,10-11H2,1-4H3,(H,17,19). The Labute approximate surface area is 116 Å². The summed E-state index contributed by atoms with van der Waals surface area (Å²) < 4.78 is 0. The van der Waals surface area contributed by atoms with Gasteiger partial charge in [0.25, 0.3) is 0 Å². The number of nitrogens with one attached hydrogen (secondary N) is 2. The fourth-order valence-corrected chi connectivity index (χ4v) is 1.97. The van der Waals surface area contributed by atoms with E-state index < -0.39 is 0 Å². The molecule has 0 aliphatic rings. The van der Waals surface area contributed by atoms with Crippen LogP contribution in [0.4, 0.5) is 5.69 Å². The zero-order valence-corrected chi connectivity index (χ0v) is 12.4. The number of rotatable bonds is 7. The number of nitrogens with zero attached hydrogens (tertiary/aromatic N) is 1. The molecule has 4 nitrogen and oxygen atoms in total. The molecule has 0 bridgehead atoms. The maximum absolute atomic E-state index is 11.8. The lowest BCUT2D eigenvalue weighted by atomic mass is 10.2. The number of anilines is 1. The second-order valence-corrected chi connectivity index (χ2v) is 5.15. The Balaban J connectivity index is 2.46. The molecule has 0 fully saturated rings. The molecule has 0 aliphatic heterocycles. The van der Waals surface area contributed by atoms with Crippen molar-refractivity contribution in [1.82, 2.24) is 10.2 Å². The van der Waals surface area contributed by atoms with Crippen molar-refractivity contribution < 1.29 is 4.79 Å². The molecular formula is C15H25N3O. The molecule has 0 aromatic heterocycles. The normalized spacial score (nSPS) is 12.5. The van der Waals surface area contributed by atoms with Gasteiger partial charge in [-0.1, -0.05) is 19.1 Å². The molecular weight excluding hydrogens is 238 g/mol. The Morgan fingerprint density at radius 2 is 1.89 bits per heavy atom. The molecule has 1 atom stereocenters. The van der Waals surface area contributed by atoms with Crippen LogP contribution < -0.4 is 10.6 Å². The molecule has 0 saturated heterocycles. The van der Waals surface area contributed by atoms with Crippen molar-refractivity contribution >= 4 is 11.6 Å². The summed E-state index contributed by atoms with van der Waals surface area (Å²) in [6, 6.07) is 8.20. The van der Waals surface area contributed by atoms with Crippen LogP contribution in [0.5, 0.6) is 0 Å². The molecule has 1 aromatic rings. The van der Waals surface area contributed by atoms with Crippen molar-refractivity contribution in [2.75, 3.05) is 26.0 Å². The number of benzene rings is 1. The number of hydrogen-bond donors (Lipinski definition) is 2. The number of amides is 1. The minimum absolute atomic E-state index is 0.0498. The van der Waals surface area contributed by atoms with Crippen molar-refractivity contribution in [1.29, 1.82) is 0 Å². The Kier molecular flexibility index (Phi) is 6.53. The zero-order valence-electron chi connectivity index (χ0n) is 12.4. The summed E-state index contributed by atoms with van der Waals surface area (Å²) >= 11 is 0. The number of hydrogen-bond acceptors (Lipinski definition) is 3. The molecule has 1 unspecified atom stereocenters.